The van der Waals surface area contributed by atoms with Gasteiger partial charge in [-0.1, -0.05) is 0 Å². The summed E-state index contributed by atoms with van der Waals surface area (Å²) in [6, 6.07) is 0. The van der Waals surface area contributed by atoms with Gasteiger partial charge in [-0.15, -0.1) is 0 Å². The first-order valence-corrected chi connectivity index (χ1v) is 5.19. The summed E-state index contributed by atoms with van der Waals surface area (Å²) in [5.41, 5.74) is 0. The van der Waals surface area contributed by atoms with Crippen LogP contribution in [-0.2, 0) is 4.79 Å². The maximum Gasteiger partial charge on any atom is 1.00 e. The molecule has 0 rings (SSSR count). The van der Waals surface area contributed by atoms with Crippen molar-refractivity contribution in [2.24, 2.45) is 0 Å². The van der Waals surface area contributed by atoms with Crippen LogP contribution in [0.15, 0.2) is 0 Å². The van der Waals surface area contributed by atoms with Crippen LogP contribution in [0.5, 0.6) is 0 Å². The molecular formula is C9H6F11NaO2. The van der Waals surface area contributed by atoms with Gasteiger partial charge >= 0.3 is 53.5 Å². The van der Waals surface area contributed by atoms with Gasteiger partial charge in [0.15, 0.2) is 0 Å². The second kappa shape index (κ2) is 7.30. The van der Waals surface area contributed by atoms with Crippen molar-refractivity contribution >= 4 is 5.97 Å². The van der Waals surface area contributed by atoms with Gasteiger partial charge in [0.1, 0.15) is 5.97 Å². The van der Waals surface area contributed by atoms with Gasteiger partial charge in [-0.05, 0) is 6.42 Å². The number of halogens is 11. The van der Waals surface area contributed by atoms with Gasteiger partial charge < -0.3 is 9.90 Å². The number of rotatable bonds is 7. The first-order chi connectivity index (χ1) is 9.40. The molecule has 0 amide bonds. The van der Waals surface area contributed by atoms with E-state index in [1.165, 1.54) is 0 Å². The molecule has 0 unspecified atom stereocenters. The van der Waals surface area contributed by atoms with Gasteiger partial charge in [-0.25, -0.2) is 8.78 Å². The molecule has 0 aromatic rings. The van der Waals surface area contributed by atoms with Crippen LogP contribution in [0.25, 0.3) is 0 Å². The Kier molecular flexibility index (Phi) is 7.91. The monoisotopic (exact) mass is 378 g/mol. The molecule has 0 spiro atoms. The number of hydrogen-bond donors (Lipinski definition) is 0. The second-order valence-corrected chi connectivity index (χ2v) is 4.20. The Morgan fingerprint density at radius 3 is 1.43 bits per heavy atom. The van der Waals surface area contributed by atoms with Crippen molar-refractivity contribution in [3.8, 4) is 0 Å². The molecule has 0 aromatic heterocycles. The number of carboxylic acid groups (broad SMARTS) is 1. The molecule has 132 valence electrons. The van der Waals surface area contributed by atoms with E-state index in [0.717, 1.165) is 0 Å². The van der Waals surface area contributed by atoms with Crippen LogP contribution in [0, 0.1) is 0 Å². The summed E-state index contributed by atoms with van der Waals surface area (Å²) in [6.07, 6.45) is -13.3. The summed E-state index contributed by atoms with van der Waals surface area (Å²) in [5, 5.41) is 9.80. The van der Waals surface area contributed by atoms with Crippen molar-refractivity contribution < 1.29 is 87.8 Å². The molecule has 0 saturated carbocycles. The van der Waals surface area contributed by atoms with E-state index in [4.69, 9.17) is 0 Å². The minimum absolute atomic E-state index is 0. The van der Waals surface area contributed by atoms with Crippen molar-refractivity contribution in [2.75, 3.05) is 0 Å². The molecule has 0 radical (unpaired) electrons. The van der Waals surface area contributed by atoms with Crippen molar-refractivity contribution in [3.63, 3.8) is 0 Å². The number of aliphatic carboxylic acids is 1. The molecule has 0 N–H and O–H groups in total. The molecule has 0 aliphatic carbocycles. The van der Waals surface area contributed by atoms with E-state index < -0.39 is 55.1 Å². The van der Waals surface area contributed by atoms with Crippen LogP contribution < -0.4 is 34.7 Å². The average Bonchev–Trinajstić information content (AvgIpc) is 2.25. The first-order valence-electron chi connectivity index (χ1n) is 5.19. The van der Waals surface area contributed by atoms with E-state index in [-0.39, 0.29) is 29.6 Å². The predicted octanol–water partition coefficient (Wildman–Crippen LogP) is 0.0141. The summed E-state index contributed by atoms with van der Waals surface area (Å²) >= 11 is 0. The number of alkyl halides is 11. The van der Waals surface area contributed by atoms with Gasteiger partial charge in [0.2, 0.25) is 0 Å². The summed E-state index contributed by atoms with van der Waals surface area (Å²) in [7, 11) is 0. The summed E-state index contributed by atoms with van der Waals surface area (Å²) < 4.78 is 136. The molecule has 0 bridgehead atoms. The van der Waals surface area contributed by atoms with Gasteiger partial charge in [0, 0.05) is 12.8 Å². The molecule has 0 saturated heterocycles. The smallest absolute Gasteiger partial charge is 0.544 e. The Hall–Kier alpha value is -0.300. The topological polar surface area (TPSA) is 40.1 Å². The largest absolute Gasteiger partial charge is 1.00 e. The standard InChI is InChI=1S/C9H7F11O2.Na/c10-5(11,4(21)22)2-1-3-6(12,13)7(14,15)8(16,17)9(18,19)20;/h1-3H2,(H,21,22);/q;+1/p-1. The zero-order valence-corrected chi connectivity index (χ0v) is 13.1. The fourth-order valence-electron chi connectivity index (χ4n) is 1.20. The minimum atomic E-state index is -7.11. The van der Waals surface area contributed by atoms with Crippen LogP contribution >= 0.6 is 0 Å². The van der Waals surface area contributed by atoms with Crippen molar-refractivity contribution in [2.45, 2.75) is 49.1 Å². The molecule has 2 nitrogen and oxygen atoms in total. The van der Waals surface area contributed by atoms with E-state index in [9.17, 15) is 58.2 Å². The van der Waals surface area contributed by atoms with E-state index in [1.807, 2.05) is 0 Å². The SMILES string of the molecule is O=C([O-])C(F)(F)CCCC(F)(F)C(F)(F)C(F)(F)C(F)(F)F.[Na+]. The minimum Gasteiger partial charge on any atom is -0.544 e. The predicted molar refractivity (Wildman–Crippen MR) is 44.7 cm³/mol. The average molecular weight is 378 g/mol. The third-order valence-electron chi connectivity index (χ3n) is 2.49. The van der Waals surface area contributed by atoms with E-state index >= 15 is 0 Å². The number of carbonyl (C=O) groups is 1. The van der Waals surface area contributed by atoms with Gasteiger partial charge in [-0.2, -0.15) is 39.5 Å². The van der Waals surface area contributed by atoms with Crippen LogP contribution in [-0.4, -0.2) is 35.8 Å². The maximum absolute atomic E-state index is 12.9. The maximum atomic E-state index is 12.9. The zero-order valence-electron chi connectivity index (χ0n) is 11.1. The fourth-order valence-corrected chi connectivity index (χ4v) is 1.20. The van der Waals surface area contributed by atoms with Gasteiger partial charge in [0.25, 0.3) is 5.92 Å². The molecule has 23 heavy (non-hydrogen) atoms. The van der Waals surface area contributed by atoms with Crippen molar-refractivity contribution in [1.82, 2.24) is 0 Å². The Labute approximate surface area is 143 Å². The van der Waals surface area contributed by atoms with E-state index in [0.29, 0.717) is 0 Å². The molecule has 0 heterocycles. The molecule has 0 atom stereocenters. The molecule has 0 aromatic carbocycles. The summed E-state index contributed by atoms with van der Waals surface area (Å²) in [6.45, 7) is 0. The Balaban J connectivity index is 0. The van der Waals surface area contributed by atoms with Gasteiger partial charge in [-0.3, -0.25) is 0 Å². The Morgan fingerprint density at radius 2 is 1.13 bits per heavy atom. The fraction of sp³-hybridized carbons (Fsp3) is 0.889. The molecular weight excluding hydrogens is 372 g/mol. The molecule has 0 aliphatic heterocycles. The summed E-state index contributed by atoms with van der Waals surface area (Å²) in [5.74, 6) is -27.8. The quantitative estimate of drug-likeness (QED) is 0.463. The van der Waals surface area contributed by atoms with Crippen LogP contribution in [0.1, 0.15) is 19.3 Å². The van der Waals surface area contributed by atoms with Crippen molar-refractivity contribution in [3.05, 3.63) is 0 Å². The number of carbonyl (C=O) groups excluding carboxylic acids is 1. The molecule has 14 heteroatoms. The number of carboxylic acids is 1. The zero-order chi connectivity index (χ0) is 18.2. The first kappa shape index (κ1) is 24.9. The third kappa shape index (κ3) is 5.08. The summed E-state index contributed by atoms with van der Waals surface area (Å²) in [4.78, 5) is 9.80. The van der Waals surface area contributed by atoms with Crippen molar-refractivity contribution in [1.29, 1.82) is 0 Å². The van der Waals surface area contributed by atoms with Crippen LogP contribution in [0.2, 0.25) is 0 Å². The Morgan fingerprint density at radius 1 is 0.739 bits per heavy atom. The normalized spacial score (nSPS) is 14.4. The third-order valence-corrected chi connectivity index (χ3v) is 2.49. The number of hydrogen-bond acceptors (Lipinski definition) is 2. The van der Waals surface area contributed by atoms with E-state index in [2.05, 4.69) is 0 Å². The van der Waals surface area contributed by atoms with Crippen LogP contribution in [0.4, 0.5) is 48.3 Å². The van der Waals surface area contributed by atoms with E-state index in [1.54, 1.807) is 0 Å². The van der Waals surface area contributed by atoms with Gasteiger partial charge in [0.05, 0.1) is 0 Å². The van der Waals surface area contributed by atoms with Crippen LogP contribution in [0.3, 0.4) is 0 Å². The second-order valence-electron chi connectivity index (χ2n) is 4.20. The Bertz CT molecular complexity index is 418. The molecule has 0 aliphatic rings. The molecule has 0 fully saturated rings.